The molecular weight excluding hydrogens is 518 g/mol. The lowest BCUT2D eigenvalue weighted by Gasteiger charge is -2.30. The van der Waals surface area contributed by atoms with Crippen LogP contribution in [0.2, 0.25) is 0 Å². The van der Waals surface area contributed by atoms with Crippen LogP contribution in [0.25, 0.3) is 0 Å². The van der Waals surface area contributed by atoms with Crippen LogP contribution >= 0.6 is 25.3 Å². The molecule has 0 aromatic heterocycles. The molecule has 1 heterocycles. The average molecular weight is 576 g/mol. The first-order valence-corrected chi connectivity index (χ1v) is 15.3. The van der Waals surface area contributed by atoms with E-state index >= 15 is 0 Å². The fraction of sp³-hybridized carbons (Fsp3) is 0.931. The summed E-state index contributed by atoms with van der Waals surface area (Å²) in [5.41, 5.74) is -0.696. The van der Waals surface area contributed by atoms with Crippen molar-refractivity contribution >= 4 is 37.1 Å². The van der Waals surface area contributed by atoms with Gasteiger partial charge in [0.25, 0.3) is 0 Å². The Hall–Kier alpha value is -0.480. The molecule has 0 spiro atoms. The third-order valence-corrected chi connectivity index (χ3v) is 7.67. The molecule has 38 heavy (non-hydrogen) atoms. The van der Waals surface area contributed by atoms with E-state index < -0.39 is 5.60 Å². The van der Waals surface area contributed by atoms with Gasteiger partial charge in [-0.2, -0.15) is 25.3 Å². The maximum atomic E-state index is 13.0. The minimum Gasteiger partial charge on any atom is -0.375 e. The van der Waals surface area contributed by atoms with E-state index in [1.54, 1.807) is 0 Å². The summed E-state index contributed by atoms with van der Waals surface area (Å²) in [7, 11) is 0. The quantitative estimate of drug-likeness (QED) is 0.188. The van der Waals surface area contributed by atoms with Gasteiger partial charge in [0, 0.05) is 31.0 Å². The predicted molar refractivity (Wildman–Crippen MR) is 164 cm³/mol. The van der Waals surface area contributed by atoms with Crippen LogP contribution in [0.15, 0.2) is 0 Å². The molecule has 0 saturated carbocycles. The van der Waals surface area contributed by atoms with Crippen LogP contribution in [-0.2, 0) is 19.1 Å². The van der Waals surface area contributed by atoms with E-state index in [0.29, 0.717) is 32.2 Å². The van der Waals surface area contributed by atoms with Gasteiger partial charge in [-0.3, -0.25) is 14.5 Å². The van der Waals surface area contributed by atoms with Gasteiger partial charge in [-0.15, -0.1) is 0 Å². The summed E-state index contributed by atoms with van der Waals surface area (Å²) in [5, 5.41) is 6.10. The second-order valence-corrected chi connectivity index (χ2v) is 15.4. The van der Waals surface area contributed by atoms with Crippen LogP contribution in [0.4, 0.5) is 0 Å². The van der Waals surface area contributed by atoms with Crippen molar-refractivity contribution in [3.8, 4) is 0 Å². The average Bonchev–Trinajstić information content (AvgIpc) is 3.14. The molecule has 2 N–H and O–H groups in total. The van der Waals surface area contributed by atoms with E-state index in [4.69, 9.17) is 22.1 Å². The van der Waals surface area contributed by atoms with Crippen molar-refractivity contribution in [1.29, 1.82) is 0 Å². The smallest absolute Gasteiger partial charge is 0.237 e. The Kier molecular flexibility index (Phi) is 14.5. The molecule has 1 saturated heterocycles. The van der Waals surface area contributed by atoms with Crippen LogP contribution < -0.4 is 10.6 Å². The molecule has 1 rings (SSSR count). The highest BCUT2D eigenvalue weighted by molar-refractivity contribution is 7.81. The fourth-order valence-corrected chi connectivity index (χ4v) is 4.81. The van der Waals surface area contributed by atoms with Crippen molar-refractivity contribution in [2.45, 2.75) is 116 Å². The van der Waals surface area contributed by atoms with E-state index in [1.165, 1.54) is 0 Å². The Morgan fingerprint density at radius 2 is 1.61 bits per heavy atom. The van der Waals surface area contributed by atoms with E-state index in [-0.39, 0.29) is 40.2 Å². The van der Waals surface area contributed by atoms with Gasteiger partial charge in [0.05, 0.1) is 30.4 Å². The molecule has 7 nitrogen and oxygen atoms in total. The number of amides is 2. The van der Waals surface area contributed by atoms with Gasteiger partial charge in [-0.25, -0.2) is 0 Å². The lowest BCUT2D eigenvalue weighted by Crippen LogP contribution is -2.49. The monoisotopic (exact) mass is 575 g/mol. The Labute approximate surface area is 244 Å². The maximum Gasteiger partial charge on any atom is 0.237 e. The second-order valence-electron chi connectivity index (χ2n) is 13.9. The number of likely N-dealkylation sites (tertiary alicyclic amines) is 1. The van der Waals surface area contributed by atoms with E-state index in [9.17, 15) is 9.59 Å². The van der Waals surface area contributed by atoms with E-state index in [0.717, 1.165) is 44.4 Å². The lowest BCUT2D eigenvalue weighted by atomic mass is 9.97. The van der Waals surface area contributed by atoms with Crippen molar-refractivity contribution in [2.75, 3.05) is 45.1 Å². The highest BCUT2D eigenvalue weighted by Crippen LogP contribution is 2.26. The zero-order valence-electron chi connectivity index (χ0n) is 25.6. The number of hydrogen-bond donors (Lipinski definition) is 4. The summed E-state index contributed by atoms with van der Waals surface area (Å²) in [6, 6.07) is -0.288. The lowest BCUT2D eigenvalue weighted by molar-refractivity contribution is -0.128. The molecular formula is C29H57N3O4S2. The Bertz CT molecular complexity index is 738. The zero-order chi connectivity index (χ0) is 29.2. The first kappa shape index (κ1) is 35.5. The van der Waals surface area contributed by atoms with Crippen molar-refractivity contribution in [3.05, 3.63) is 0 Å². The highest BCUT2D eigenvalue weighted by atomic mass is 32.1. The molecule has 1 aliphatic rings. The van der Waals surface area contributed by atoms with Crippen LogP contribution in [0, 0.1) is 11.3 Å². The number of rotatable bonds is 17. The van der Waals surface area contributed by atoms with Gasteiger partial charge in [0.15, 0.2) is 0 Å². The fourth-order valence-electron chi connectivity index (χ4n) is 4.40. The molecule has 9 heteroatoms. The third-order valence-electron chi connectivity index (χ3n) is 6.90. The van der Waals surface area contributed by atoms with Gasteiger partial charge < -0.3 is 20.1 Å². The first-order chi connectivity index (χ1) is 17.3. The molecule has 0 radical (unpaired) electrons. The molecule has 0 aliphatic carbocycles. The SMILES string of the molecule is CC1CC(C(=O)NCCC(C)(C)OCC(C)(C)C)N(CC(=O)NCC(C)(C)OCCC(C)(S)CCCS)C1. The zero-order valence-corrected chi connectivity index (χ0v) is 27.4. The number of carbonyl (C=O) groups excluding carboxylic acids is 2. The van der Waals surface area contributed by atoms with E-state index in [1.807, 2.05) is 18.7 Å². The van der Waals surface area contributed by atoms with Crippen molar-refractivity contribution in [2.24, 2.45) is 11.3 Å². The van der Waals surface area contributed by atoms with Crippen LogP contribution in [0.1, 0.15) is 94.4 Å². The molecule has 2 amide bonds. The molecule has 1 fully saturated rings. The van der Waals surface area contributed by atoms with Gasteiger partial charge in [0.1, 0.15) is 0 Å². The minimum absolute atomic E-state index is 0.00912. The largest absolute Gasteiger partial charge is 0.375 e. The summed E-state index contributed by atoms with van der Waals surface area (Å²) < 4.78 is 12.1. The van der Waals surface area contributed by atoms with Crippen molar-refractivity contribution < 1.29 is 19.1 Å². The van der Waals surface area contributed by atoms with Crippen molar-refractivity contribution in [1.82, 2.24) is 15.5 Å². The van der Waals surface area contributed by atoms with Crippen molar-refractivity contribution in [3.63, 3.8) is 0 Å². The molecule has 3 unspecified atom stereocenters. The van der Waals surface area contributed by atoms with E-state index in [2.05, 4.69) is 71.7 Å². The van der Waals surface area contributed by atoms with Gasteiger partial charge in [-0.1, -0.05) is 34.6 Å². The summed E-state index contributed by atoms with van der Waals surface area (Å²) in [6.45, 7) is 21.9. The van der Waals surface area contributed by atoms with Gasteiger partial charge in [0.2, 0.25) is 11.8 Å². The first-order valence-electron chi connectivity index (χ1n) is 14.2. The second kappa shape index (κ2) is 15.5. The summed E-state index contributed by atoms with van der Waals surface area (Å²) in [6.07, 6.45) is 4.34. The molecule has 1 aliphatic heterocycles. The standard InChI is InChI=1S/C29H57N3O4S2/c1-22-17-23(25(34)30-14-12-27(5,6)36-21-26(2,3)4)32(18-22)19-24(33)31-20-28(7,8)35-15-13-29(9,38)11-10-16-37/h22-23,37-38H,10-21H2,1-9H3,(H,30,34)(H,31,33). The normalized spacial score (nSPS) is 20.8. The number of carbonyl (C=O) groups is 2. The number of hydrogen-bond acceptors (Lipinski definition) is 7. The van der Waals surface area contributed by atoms with Gasteiger partial charge >= 0.3 is 0 Å². The number of ether oxygens (including phenoxy) is 2. The molecule has 0 aromatic rings. The number of thiol groups is 2. The number of nitrogens with one attached hydrogen (secondary N) is 2. The Balaban J connectivity index is 2.47. The minimum atomic E-state index is -0.486. The molecule has 224 valence electrons. The topological polar surface area (TPSA) is 79.9 Å². The summed E-state index contributed by atoms with van der Waals surface area (Å²) in [4.78, 5) is 27.8. The Morgan fingerprint density at radius 1 is 0.947 bits per heavy atom. The highest BCUT2D eigenvalue weighted by Gasteiger charge is 2.36. The summed E-state index contributed by atoms with van der Waals surface area (Å²) in [5.74, 6) is 1.13. The van der Waals surface area contributed by atoms with Gasteiger partial charge in [-0.05, 0) is 76.9 Å². The van der Waals surface area contributed by atoms with Crippen LogP contribution in [0.3, 0.4) is 0 Å². The number of nitrogens with zero attached hydrogens (tertiary/aromatic N) is 1. The third kappa shape index (κ3) is 15.3. The maximum absolute atomic E-state index is 13.0. The molecule has 0 aromatic carbocycles. The molecule has 0 bridgehead atoms. The molecule has 3 atom stereocenters. The van der Waals surface area contributed by atoms with Crippen LogP contribution in [-0.4, -0.2) is 83.9 Å². The predicted octanol–water partition coefficient (Wildman–Crippen LogP) is 4.74. The summed E-state index contributed by atoms with van der Waals surface area (Å²) >= 11 is 9.04. The van der Waals surface area contributed by atoms with Crippen LogP contribution in [0.5, 0.6) is 0 Å². The Morgan fingerprint density at radius 3 is 2.21 bits per heavy atom.